The molecule has 1 heterocycles. The van der Waals surface area contributed by atoms with E-state index in [1.165, 1.54) is 13.4 Å². The van der Waals surface area contributed by atoms with Gasteiger partial charge in [-0.25, -0.2) is 4.79 Å². The van der Waals surface area contributed by atoms with Crippen molar-refractivity contribution in [3.8, 4) is 0 Å². The zero-order chi connectivity index (χ0) is 14.4. The fraction of sp³-hybridized carbons (Fsp3) is 0.308. The summed E-state index contributed by atoms with van der Waals surface area (Å²) in [5.74, 6) is 0.263. The Morgan fingerprint density at radius 3 is 3.00 bits per heavy atom. The van der Waals surface area contributed by atoms with E-state index in [1.807, 2.05) is 6.07 Å². The van der Waals surface area contributed by atoms with Crippen LogP contribution in [0.4, 0.5) is 0 Å². The smallest absolute Gasteiger partial charge is 0.337 e. The Kier molecular flexibility index (Phi) is 5.25. The maximum absolute atomic E-state index is 11.4. The summed E-state index contributed by atoms with van der Waals surface area (Å²) in [6.07, 6.45) is 2.06. The molecule has 106 valence electrons. The van der Waals surface area contributed by atoms with Gasteiger partial charge in [-0.1, -0.05) is 27.2 Å². The Bertz CT molecular complexity index is 572. The number of aromatic nitrogens is 2. The van der Waals surface area contributed by atoms with Gasteiger partial charge in [0.2, 0.25) is 5.89 Å². The standard InChI is InChI=1S/C13H14BrN3O3/c1-19-13(18)9-2-3-10(11(14)6-9)7-15-5-4-12-16-8-17-20-12/h2-3,6,8,15H,4-5,7H2,1H3. The van der Waals surface area contributed by atoms with Gasteiger partial charge in [-0.05, 0) is 17.7 Å². The van der Waals surface area contributed by atoms with E-state index >= 15 is 0 Å². The summed E-state index contributed by atoms with van der Waals surface area (Å²) in [5.41, 5.74) is 1.58. The molecule has 1 N–H and O–H groups in total. The van der Waals surface area contributed by atoms with Gasteiger partial charge in [0.1, 0.15) is 0 Å². The molecule has 0 radical (unpaired) electrons. The van der Waals surface area contributed by atoms with Crippen molar-refractivity contribution in [1.82, 2.24) is 15.5 Å². The van der Waals surface area contributed by atoms with Crippen LogP contribution in [0, 0.1) is 0 Å². The number of hydrogen-bond acceptors (Lipinski definition) is 6. The molecule has 0 saturated carbocycles. The van der Waals surface area contributed by atoms with Crippen LogP contribution in [0.5, 0.6) is 0 Å². The lowest BCUT2D eigenvalue weighted by Crippen LogP contribution is -2.17. The highest BCUT2D eigenvalue weighted by atomic mass is 79.9. The average Bonchev–Trinajstić information content (AvgIpc) is 2.97. The Morgan fingerprint density at radius 1 is 1.50 bits per heavy atom. The summed E-state index contributed by atoms with van der Waals surface area (Å²) < 4.78 is 10.4. The molecule has 0 amide bonds. The zero-order valence-corrected chi connectivity index (χ0v) is 12.5. The minimum Gasteiger partial charge on any atom is -0.465 e. The Hall–Kier alpha value is -1.73. The maximum atomic E-state index is 11.4. The van der Waals surface area contributed by atoms with Gasteiger partial charge in [0.15, 0.2) is 6.33 Å². The number of esters is 1. The molecule has 0 aliphatic carbocycles. The van der Waals surface area contributed by atoms with E-state index in [4.69, 9.17) is 4.52 Å². The molecule has 0 saturated heterocycles. The average molecular weight is 340 g/mol. The number of carbonyl (C=O) groups excluding carboxylic acids is 1. The number of halogens is 1. The summed E-state index contributed by atoms with van der Waals surface area (Å²) in [6.45, 7) is 1.41. The van der Waals surface area contributed by atoms with Crippen LogP contribution in [-0.4, -0.2) is 29.8 Å². The van der Waals surface area contributed by atoms with Crippen LogP contribution in [0.3, 0.4) is 0 Å². The molecule has 1 aromatic carbocycles. The Labute approximate surface area is 124 Å². The lowest BCUT2D eigenvalue weighted by molar-refractivity contribution is 0.0600. The molecule has 0 unspecified atom stereocenters. The van der Waals surface area contributed by atoms with Crippen LogP contribution in [0.25, 0.3) is 0 Å². The highest BCUT2D eigenvalue weighted by Gasteiger charge is 2.08. The summed E-state index contributed by atoms with van der Waals surface area (Å²) >= 11 is 3.45. The zero-order valence-electron chi connectivity index (χ0n) is 10.9. The van der Waals surface area contributed by atoms with Crippen LogP contribution >= 0.6 is 15.9 Å². The van der Waals surface area contributed by atoms with Crippen molar-refractivity contribution in [1.29, 1.82) is 0 Å². The van der Waals surface area contributed by atoms with E-state index in [0.717, 1.165) is 16.6 Å². The molecule has 0 aliphatic rings. The molecule has 0 spiro atoms. The predicted molar refractivity (Wildman–Crippen MR) is 75.2 cm³/mol. The van der Waals surface area contributed by atoms with E-state index in [2.05, 4.69) is 36.1 Å². The summed E-state index contributed by atoms with van der Waals surface area (Å²) in [5, 5.41) is 6.81. The van der Waals surface area contributed by atoms with Crippen LogP contribution in [-0.2, 0) is 17.7 Å². The fourth-order valence-corrected chi connectivity index (χ4v) is 2.18. The van der Waals surface area contributed by atoms with Gasteiger partial charge >= 0.3 is 5.97 Å². The molecule has 0 atom stereocenters. The quantitative estimate of drug-likeness (QED) is 0.640. The maximum Gasteiger partial charge on any atom is 0.337 e. The van der Waals surface area contributed by atoms with Crippen molar-refractivity contribution in [2.24, 2.45) is 0 Å². The summed E-state index contributed by atoms with van der Waals surface area (Å²) in [4.78, 5) is 15.3. The first-order valence-electron chi connectivity index (χ1n) is 6.03. The summed E-state index contributed by atoms with van der Waals surface area (Å²) in [6, 6.07) is 5.38. The van der Waals surface area contributed by atoms with Crippen molar-refractivity contribution in [2.45, 2.75) is 13.0 Å². The van der Waals surface area contributed by atoms with Gasteiger partial charge in [0.25, 0.3) is 0 Å². The normalized spacial score (nSPS) is 10.5. The van der Waals surface area contributed by atoms with Crippen LogP contribution in [0.1, 0.15) is 21.8 Å². The lowest BCUT2D eigenvalue weighted by atomic mass is 10.1. The minimum absolute atomic E-state index is 0.346. The molecular formula is C13H14BrN3O3. The van der Waals surface area contributed by atoms with Crippen molar-refractivity contribution >= 4 is 21.9 Å². The number of methoxy groups -OCH3 is 1. The largest absolute Gasteiger partial charge is 0.465 e. The first-order chi connectivity index (χ1) is 9.70. The van der Waals surface area contributed by atoms with Gasteiger partial charge < -0.3 is 14.6 Å². The molecule has 6 nitrogen and oxygen atoms in total. The first kappa shape index (κ1) is 14.7. The van der Waals surface area contributed by atoms with E-state index in [9.17, 15) is 4.79 Å². The van der Waals surface area contributed by atoms with Crippen molar-refractivity contribution in [2.75, 3.05) is 13.7 Å². The van der Waals surface area contributed by atoms with Crippen LogP contribution in [0.2, 0.25) is 0 Å². The van der Waals surface area contributed by atoms with E-state index in [1.54, 1.807) is 12.1 Å². The van der Waals surface area contributed by atoms with Crippen LogP contribution in [0.15, 0.2) is 33.5 Å². The number of nitrogens with zero attached hydrogens (tertiary/aromatic N) is 2. The molecule has 0 aliphatic heterocycles. The molecule has 20 heavy (non-hydrogen) atoms. The molecule has 0 fully saturated rings. The number of nitrogens with one attached hydrogen (secondary N) is 1. The lowest BCUT2D eigenvalue weighted by Gasteiger charge is -2.07. The van der Waals surface area contributed by atoms with Crippen LogP contribution < -0.4 is 5.32 Å². The monoisotopic (exact) mass is 339 g/mol. The fourth-order valence-electron chi connectivity index (χ4n) is 1.66. The van der Waals surface area contributed by atoms with Gasteiger partial charge in [0, 0.05) is 24.0 Å². The second kappa shape index (κ2) is 7.16. The second-order valence-electron chi connectivity index (χ2n) is 4.06. The van der Waals surface area contributed by atoms with Crippen molar-refractivity contribution in [3.63, 3.8) is 0 Å². The van der Waals surface area contributed by atoms with E-state index in [-0.39, 0.29) is 5.97 Å². The first-order valence-corrected chi connectivity index (χ1v) is 6.83. The number of ether oxygens (including phenoxy) is 1. The highest BCUT2D eigenvalue weighted by Crippen LogP contribution is 2.19. The van der Waals surface area contributed by atoms with Gasteiger partial charge in [-0.3, -0.25) is 0 Å². The number of benzene rings is 1. The molecule has 7 heteroatoms. The third-order valence-electron chi connectivity index (χ3n) is 2.71. The van der Waals surface area contributed by atoms with Gasteiger partial charge in [-0.2, -0.15) is 4.98 Å². The molecule has 1 aromatic heterocycles. The van der Waals surface area contributed by atoms with Crippen molar-refractivity contribution in [3.05, 3.63) is 46.0 Å². The van der Waals surface area contributed by atoms with Crippen molar-refractivity contribution < 1.29 is 14.1 Å². The minimum atomic E-state index is -0.346. The number of hydrogen-bond donors (Lipinski definition) is 1. The summed E-state index contributed by atoms with van der Waals surface area (Å²) in [7, 11) is 1.36. The van der Waals surface area contributed by atoms with Gasteiger partial charge in [0.05, 0.1) is 12.7 Å². The van der Waals surface area contributed by atoms with E-state index in [0.29, 0.717) is 24.4 Å². The number of rotatable bonds is 6. The third kappa shape index (κ3) is 3.88. The molecule has 0 bridgehead atoms. The molecular weight excluding hydrogens is 326 g/mol. The highest BCUT2D eigenvalue weighted by molar-refractivity contribution is 9.10. The SMILES string of the molecule is COC(=O)c1ccc(CNCCc2ncno2)c(Br)c1. The molecule has 2 rings (SSSR count). The topological polar surface area (TPSA) is 77.2 Å². The van der Waals surface area contributed by atoms with E-state index < -0.39 is 0 Å². The van der Waals surface area contributed by atoms with Gasteiger partial charge in [-0.15, -0.1) is 0 Å². The number of carbonyl (C=O) groups is 1. The Balaban J connectivity index is 1.85. The third-order valence-corrected chi connectivity index (χ3v) is 3.45. The molecule has 2 aromatic rings. The second-order valence-corrected chi connectivity index (χ2v) is 4.91. The predicted octanol–water partition coefficient (Wildman–Crippen LogP) is 1.95. The Morgan fingerprint density at radius 2 is 2.35 bits per heavy atom.